The van der Waals surface area contributed by atoms with Crippen LogP contribution in [0.4, 0.5) is 10.1 Å². The highest BCUT2D eigenvalue weighted by Gasteiger charge is 2.19. The smallest absolute Gasteiger partial charge is 0.191 e. The molecule has 1 aromatic heterocycles. The molecule has 156 valence electrons. The number of hydrogen-bond acceptors (Lipinski definition) is 4. The van der Waals surface area contributed by atoms with Gasteiger partial charge in [0.2, 0.25) is 0 Å². The van der Waals surface area contributed by atoms with Crippen molar-refractivity contribution in [1.82, 2.24) is 15.6 Å². The van der Waals surface area contributed by atoms with Crippen LogP contribution in [0, 0.1) is 5.82 Å². The minimum atomic E-state index is -0.266. The number of benzene rings is 1. The number of aliphatic hydroxyl groups is 1. The summed E-state index contributed by atoms with van der Waals surface area (Å²) in [5.74, 6) is 0.472. The average Bonchev–Trinajstić information content (AvgIpc) is 2.74. The Morgan fingerprint density at radius 1 is 1.24 bits per heavy atom. The van der Waals surface area contributed by atoms with Gasteiger partial charge in [-0.3, -0.25) is 4.98 Å². The summed E-state index contributed by atoms with van der Waals surface area (Å²) >= 11 is 0. The molecule has 29 heavy (non-hydrogen) atoms. The topological polar surface area (TPSA) is 72.8 Å². The lowest BCUT2D eigenvalue weighted by molar-refractivity contribution is 0.145. The number of halogens is 1. The zero-order valence-electron chi connectivity index (χ0n) is 16.9. The summed E-state index contributed by atoms with van der Waals surface area (Å²) in [4.78, 5) is 10.9. The van der Waals surface area contributed by atoms with E-state index in [-0.39, 0.29) is 11.9 Å². The maximum atomic E-state index is 14.6. The first-order valence-electron chi connectivity index (χ1n) is 10.3. The molecular weight excluding hydrogens is 369 g/mol. The number of anilines is 1. The number of nitrogens with one attached hydrogen (secondary N) is 2. The molecule has 1 fully saturated rings. The van der Waals surface area contributed by atoms with E-state index >= 15 is 0 Å². The van der Waals surface area contributed by atoms with Crippen LogP contribution >= 0.6 is 0 Å². The molecule has 0 saturated carbocycles. The van der Waals surface area contributed by atoms with Gasteiger partial charge in [-0.2, -0.15) is 0 Å². The third-order valence-electron chi connectivity index (χ3n) is 4.98. The second kappa shape index (κ2) is 10.8. The monoisotopic (exact) mass is 399 g/mol. The van der Waals surface area contributed by atoms with Gasteiger partial charge in [-0.25, -0.2) is 9.38 Å². The van der Waals surface area contributed by atoms with Crippen molar-refractivity contribution in [2.24, 2.45) is 4.99 Å². The van der Waals surface area contributed by atoms with E-state index in [9.17, 15) is 9.50 Å². The number of hydrogen-bond donors (Lipinski definition) is 3. The molecule has 7 heteroatoms. The van der Waals surface area contributed by atoms with E-state index in [0.29, 0.717) is 44.1 Å². The summed E-state index contributed by atoms with van der Waals surface area (Å²) < 4.78 is 14.6. The molecule has 3 rings (SSSR count). The van der Waals surface area contributed by atoms with E-state index in [1.807, 2.05) is 42.2 Å². The SMILES string of the molecule is CCNC(=NCc1ccc(N2CCC(O)CC2)c(F)c1)NCCc1ccccn1. The molecule has 1 saturated heterocycles. The van der Waals surface area contributed by atoms with E-state index in [4.69, 9.17) is 0 Å². The highest BCUT2D eigenvalue weighted by atomic mass is 19.1. The molecule has 1 aromatic carbocycles. The van der Waals surface area contributed by atoms with Crippen LogP contribution in [-0.2, 0) is 13.0 Å². The Labute approximate surface area is 171 Å². The lowest BCUT2D eigenvalue weighted by atomic mass is 10.1. The number of guanidine groups is 1. The Balaban J connectivity index is 1.56. The van der Waals surface area contributed by atoms with E-state index < -0.39 is 0 Å². The molecule has 0 unspecified atom stereocenters. The number of piperidine rings is 1. The average molecular weight is 400 g/mol. The molecule has 6 nitrogen and oxygen atoms in total. The number of pyridine rings is 1. The van der Waals surface area contributed by atoms with Crippen LogP contribution in [0.5, 0.6) is 0 Å². The molecule has 2 heterocycles. The minimum absolute atomic E-state index is 0.234. The van der Waals surface area contributed by atoms with Gasteiger partial charge >= 0.3 is 0 Å². The number of rotatable bonds is 7. The van der Waals surface area contributed by atoms with E-state index in [1.165, 1.54) is 0 Å². The largest absolute Gasteiger partial charge is 0.393 e. The number of aromatic nitrogens is 1. The van der Waals surface area contributed by atoms with E-state index in [0.717, 1.165) is 30.8 Å². The molecule has 1 aliphatic heterocycles. The van der Waals surface area contributed by atoms with Crippen LogP contribution in [-0.4, -0.2) is 48.3 Å². The third-order valence-corrected chi connectivity index (χ3v) is 4.98. The fraction of sp³-hybridized carbons (Fsp3) is 0.455. The van der Waals surface area contributed by atoms with Crippen molar-refractivity contribution in [3.8, 4) is 0 Å². The quantitative estimate of drug-likeness (QED) is 0.493. The van der Waals surface area contributed by atoms with Crippen molar-refractivity contribution in [1.29, 1.82) is 0 Å². The van der Waals surface area contributed by atoms with Gasteiger partial charge in [0.05, 0.1) is 18.3 Å². The van der Waals surface area contributed by atoms with E-state index in [2.05, 4.69) is 20.6 Å². The van der Waals surface area contributed by atoms with Crippen LogP contribution in [0.3, 0.4) is 0 Å². The van der Waals surface area contributed by atoms with Crippen molar-refractivity contribution in [3.05, 3.63) is 59.7 Å². The summed E-state index contributed by atoms with van der Waals surface area (Å²) in [6.45, 7) is 5.25. The number of aliphatic imine (C=N–C) groups is 1. The first-order chi connectivity index (χ1) is 14.2. The van der Waals surface area contributed by atoms with Crippen molar-refractivity contribution in [3.63, 3.8) is 0 Å². The summed E-state index contributed by atoms with van der Waals surface area (Å²) in [5, 5.41) is 16.1. The molecule has 2 aromatic rings. The second-order valence-corrected chi connectivity index (χ2v) is 7.20. The fourth-order valence-electron chi connectivity index (χ4n) is 3.38. The highest BCUT2D eigenvalue weighted by molar-refractivity contribution is 5.79. The number of aliphatic hydroxyl groups excluding tert-OH is 1. The van der Waals surface area contributed by atoms with Gasteiger partial charge < -0.3 is 20.6 Å². The lowest BCUT2D eigenvalue weighted by Crippen LogP contribution is -2.38. The van der Waals surface area contributed by atoms with Crippen LogP contribution in [0.15, 0.2) is 47.6 Å². The molecule has 3 N–H and O–H groups in total. The lowest BCUT2D eigenvalue weighted by Gasteiger charge is -2.31. The first-order valence-corrected chi connectivity index (χ1v) is 10.3. The number of nitrogens with zero attached hydrogens (tertiary/aromatic N) is 3. The summed E-state index contributed by atoms with van der Waals surface area (Å²) in [5.41, 5.74) is 2.45. The van der Waals surface area contributed by atoms with Crippen molar-refractivity contribution in [2.45, 2.75) is 38.8 Å². The molecule has 0 aliphatic carbocycles. The zero-order valence-corrected chi connectivity index (χ0v) is 16.9. The second-order valence-electron chi connectivity index (χ2n) is 7.20. The maximum absolute atomic E-state index is 14.6. The van der Waals surface area contributed by atoms with Gasteiger partial charge in [0, 0.05) is 44.5 Å². The molecule has 0 radical (unpaired) electrons. The Kier molecular flexibility index (Phi) is 7.81. The van der Waals surface area contributed by atoms with Gasteiger partial charge in [0.1, 0.15) is 5.82 Å². The van der Waals surface area contributed by atoms with Crippen LogP contribution in [0.2, 0.25) is 0 Å². The standard InChI is InChI=1S/C22H30FN5O/c1-2-24-22(26-12-8-18-5-3-4-11-25-18)27-16-17-6-7-21(20(23)15-17)28-13-9-19(29)10-14-28/h3-7,11,15,19,29H,2,8-10,12-14,16H2,1H3,(H2,24,26,27). The third kappa shape index (κ3) is 6.42. The van der Waals surface area contributed by atoms with Crippen molar-refractivity contribution < 1.29 is 9.50 Å². The Bertz CT molecular complexity index is 791. The van der Waals surface area contributed by atoms with Crippen LogP contribution in [0.25, 0.3) is 0 Å². The van der Waals surface area contributed by atoms with Crippen molar-refractivity contribution >= 4 is 11.6 Å². The summed E-state index contributed by atoms with van der Waals surface area (Å²) in [6.07, 6.45) is 3.69. The zero-order chi connectivity index (χ0) is 20.5. The Morgan fingerprint density at radius 2 is 2.07 bits per heavy atom. The van der Waals surface area contributed by atoms with Crippen LogP contribution < -0.4 is 15.5 Å². The molecule has 0 atom stereocenters. The fourth-order valence-corrected chi connectivity index (χ4v) is 3.38. The molecule has 0 spiro atoms. The van der Waals surface area contributed by atoms with Crippen molar-refractivity contribution in [2.75, 3.05) is 31.1 Å². The first kappa shape index (κ1) is 21.0. The summed E-state index contributed by atoms with van der Waals surface area (Å²) in [7, 11) is 0. The Hall–Kier alpha value is -2.67. The molecule has 1 aliphatic rings. The van der Waals surface area contributed by atoms with Gasteiger partial charge in [-0.05, 0) is 49.6 Å². The minimum Gasteiger partial charge on any atom is -0.393 e. The van der Waals surface area contributed by atoms with E-state index in [1.54, 1.807) is 12.3 Å². The molecule has 0 amide bonds. The predicted octanol–water partition coefficient (Wildman–Crippen LogP) is 2.48. The molecular formula is C22H30FN5O. The normalized spacial score (nSPS) is 15.4. The van der Waals surface area contributed by atoms with Gasteiger partial charge in [-0.1, -0.05) is 12.1 Å². The highest BCUT2D eigenvalue weighted by Crippen LogP contribution is 2.24. The summed E-state index contributed by atoms with van der Waals surface area (Å²) in [6, 6.07) is 11.2. The maximum Gasteiger partial charge on any atom is 0.191 e. The van der Waals surface area contributed by atoms with Crippen LogP contribution in [0.1, 0.15) is 31.0 Å². The van der Waals surface area contributed by atoms with Gasteiger partial charge in [0.25, 0.3) is 0 Å². The predicted molar refractivity (Wildman–Crippen MR) is 115 cm³/mol. The van der Waals surface area contributed by atoms with Gasteiger partial charge in [-0.15, -0.1) is 0 Å². The Morgan fingerprint density at radius 3 is 2.76 bits per heavy atom. The van der Waals surface area contributed by atoms with Gasteiger partial charge in [0.15, 0.2) is 5.96 Å². The molecule has 0 bridgehead atoms.